The minimum absolute atomic E-state index is 0.183. The van der Waals surface area contributed by atoms with Gasteiger partial charge in [0.2, 0.25) is 5.95 Å². The molecule has 1 aromatic heterocycles. The monoisotopic (exact) mass is 356 g/mol. The first-order chi connectivity index (χ1) is 12.7. The van der Waals surface area contributed by atoms with Crippen LogP contribution in [-0.4, -0.2) is 22.8 Å². The van der Waals surface area contributed by atoms with Crippen molar-refractivity contribution in [2.75, 3.05) is 12.0 Å². The molecule has 0 unspecified atom stereocenters. The lowest BCUT2D eigenvalue weighted by Gasteiger charge is -2.08. The molecule has 0 aliphatic carbocycles. The van der Waals surface area contributed by atoms with E-state index in [4.69, 9.17) is 4.74 Å². The third-order valence-corrected chi connectivity index (χ3v) is 3.85. The Balaban J connectivity index is 1.97. The molecular weight excluding hydrogens is 328 g/mol. The van der Waals surface area contributed by atoms with Crippen LogP contribution in [0.1, 0.15) is 57.2 Å². The first-order valence-corrected chi connectivity index (χ1v) is 9.34. The van der Waals surface area contributed by atoms with E-state index >= 15 is 0 Å². The van der Waals surface area contributed by atoms with Gasteiger partial charge in [-0.1, -0.05) is 51.7 Å². The van der Waals surface area contributed by atoms with E-state index in [2.05, 4.69) is 27.4 Å². The summed E-state index contributed by atoms with van der Waals surface area (Å²) in [5.41, 5.74) is 4.24. The smallest absolute Gasteiger partial charge is 0.252 e. The minimum Gasteiger partial charge on any atom is -0.493 e. The van der Waals surface area contributed by atoms with Crippen molar-refractivity contribution < 1.29 is 4.74 Å². The standard InChI is InChI=1S/C20H28N4O2/c1-3-5-6-9-13-26-18-12-8-7-11-16(18)15-21-24-20-22-17(10-4-2)14-19(25)23-20/h7-8,11-12,14-15H,3-6,9-10,13H2,1-2H3,(H2,22,23,24,25)/b21-15+. The fourth-order valence-electron chi connectivity index (χ4n) is 2.54. The van der Waals surface area contributed by atoms with E-state index in [0.717, 1.165) is 36.3 Å². The van der Waals surface area contributed by atoms with Crippen LogP contribution in [0, 0.1) is 0 Å². The van der Waals surface area contributed by atoms with Crippen LogP contribution >= 0.6 is 0 Å². The molecule has 1 heterocycles. The van der Waals surface area contributed by atoms with Crippen LogP contribution in [0.25, 0.3) is 0 Å². The number of aromatic amines is 1. The molecule has 0 fully saturated rings. The lowest BCUT2D eigenvalue weighted by atomic mass is 10.2. The summed E-state index contributed by atoms with van der Waals surface area (Å²) >= 11 is 0. The van der Waals surface area contributed by atoms with Crippen LogP contribution in [0.5, 0.6) is 5.75 Å². The third-order valence-electron chi connectivity index (χ3n) is 3.85. The Labute approximate surface area is 154 Å². The van der Waals surface area contributed by atoms with Gasteiger partial charge in [-0.05, 0) is 25.0 Å². The highest BCUT2D eigenvalue weighted by Gasteiger charge is 2.02. The normalized spacial score (nSPS) is 11.0. The molecule has 0 amide bonds. The van der Waals surface area contributed by atoms with E-state index in [0.29, 0.717) is 12.6 Å². The van der Waals surface area contributed by atoms with Gasteiger partial charge in [0.15, 0.2) is 0 Å². The average molecular weight is 356 g/mol. The molecule has 140 valence electrons. The zero-order chi connectivity index (χ0) is 18.6. The Hall–Kier alpha value is -2.63. The molecule has 2 rings (SSSR count). The van der Waals surface area contributed by atoms with Crippen molar-refractivity contribution >= 4 is 12.2 Å². The second kappa shape index (κ2) is 11.1. The number of benzene rings is 1. The Kier molecular flexibility index (Phi) is 8.39. The number of rotatable bonds is 11. The van der Waals surface area contributed by atoms with Crippen molar-refractivity contribution in [3.63, 3.8) is 0 Å². The number of hydrazone groups is 1. The van der Waals surface area contributed by atoms with E-state index < -0.39 is 0 Å². The molecule has 0 saturated heterocycles. The molecule has 2 N–H and O–H groups in total. The molecule has 0 spiro atoms. The van der Waals surface area contributed by atoms with Crippen LogP contribution < -0.4 is 15.7 Å². The Morgan fingerprint density at radius 1 is 1.19 bits per heavy atom. The van der Waals surface area contributed by atoms with Crippen molar-refractivity contribution in [1.29, 1.82) is 0 Å². The lowest BCUT2D eigenvalue weighted by Crippen LogP contribution is -2.12. The number of nitrogens with zero attached hydrogens (tertiary/aromatic N) is 2. The molecule has 0 aliphatic rings. The van der Waals surface area contributed by atoms with Crippen LogP contribution in [0.3, 0.4) is 0 Å². The highest BCUT2D eigenvalue weighted by molar-refractivity contribution is 5.83. The maximum absolute atomic E-state index is 11.7. The Morgan fingerprint density at radius 3 is 2.85 bits per heavy atom. The zero-order valence-electron chi connectivity index (χ0n) is 15.6. The fraction of sp³-hybridized carbons (Fsp3) is 0.450. The van der Waals surface area contributed by atoms with Gasteiger partial charge in [0.25, 0.3) is 5.56 Å². The summed E-state index contributed by atoms with van der Waals surface area (Å²) < 4.78 is 5.86. The summed E-state index contributed by atoms with van der Waals surface area (Å²) in [5, 5.41) is 4.18. The Morgan fingerprint density at radius 2 is 2.04 bits per heavy atom. The second-order valence-electron chi connectivity index (χ2n) is 6.15. The first kappa shape index (κ1) is 19.7. The summed E-state index contributed by atoms with van der Waals surface area (Å²) in [7, 11) is 0. The molecule has 0 aliphatic heterocycles. The summed E-state index contributed by atoms with van der Waals surface area (Å²) in [4.78, 5) is 18.6. The van der Waals surface area contributed by atoms with Gasteiger partial charge in [-0.25, -0.2) is 10.4 Å². The SMILES string of the molecule is CCCCCCOc1ccccc1/C=N/Nc1nc(CCC)cc(=O)[nH]1. The van der Waals surface area contributed by atoms with Crippen LogP contribution in [-0.2, 0) is 6.42 Å². The molecule has 6 nitrogen and oxygen atoms in total. The summed E-state index contributed by atoms with van der Waals surface area (Å²) in [6, 6.07) is 9.27. The van der Waals surface area contributed by atoms with Crippen molar-refractivity contribution in [1.82, 2.24) is 9.97 Å². The van der Waals surface area contributed by atoms with Gasteiger partial charge >= 0.3 is 0 Å². The maximum atomic E-state index is 11.7. The molecule has 1 aromatic carbocycles. The molecule has 26 heavy (non-hydrogen) atoms. The van der Waals surface area contributed by atoms with Gasteiger partial charge in [0.1, 0.15) is 5.75 Å². The molecule has 6 heteroatoms. The lowest BCUT2D eigenvalue weighted by molar-refractivity contribution is 0.304. The van der Waals surface area contributed by atoms with Gasteiger partial charge in [0, 0.05) is 17.3 Å². The Bertz CT molecular complexity index is 755. The van der Waals surface area contributed by atoms with Crippen LogP contribution in [0.15, 0.2) is 40.2 Å². The van der Waals surface area contributed by atoms with Gasteiger partial charge in [-0.2, -0.15) is 5.10 Å². The predicted molar refractivity (Wildman–Crippen MR) is 106 cm³/mol. The number of para-hydroxylation sites is 1. The summed E-state index contributed by atoms with van der Waals surface area (Å²) in [5.74, 6) is 1.14. The number of ether oxygens (including phenoxy) is 1. The topological polar surface area (TPSA) is 79.4 Å². The zero-order valence-corrected chi connectivity index (χ0v) is 15.6. The highest BCUT2D eigenvalue weighted by atomic mass is 16.5. The molecule has 2 aromatic rings. The fourth-order valence-corrected chi connectivity index (χ4v) is 2.54. The molecule has 0 bridgehead atoms. The van der Waals surface area contributed by atoms with Crippen molar-refractivity contribution in [3.05, 3.63) is 51.9 Å². The summed E-state index contributed by atoms with van der Waals surface area (Å²) in [6.45, 7) is 4.94. The molecular formula is C20H28N4O2. The van der Waals surface area contributed by atoms with Gasteiger partial charge in [-0.15, -0.1) is 0 Å². The quantitative estimate of drug-likeness (QED) is 0.360. The minimum atomic E-state index is -0.183. The van der Waals surface area contributed by atoms with Gasteiger partial charge < -0.3 is 4.74 Å². The van der Waals surface area contributed by atoms with E-state index in [1.54, 1.807) is 6.21 Å². The van der Waals surface area contributed by atoms with E-state index in [9.17, 15) is 4.79 Å². The number of unbranched alkanes of at least 4 members (excludes halogenated alkanes) is 3. The number of H-pyrrole nitrogens is 1. The van der Waals surface area contributed by atoms with E-state index in [1.165, 1.54) is 25.3 Å². The van der Waals surface area contributed by atoms with E-state index in [-0.39, 0.29) is 5.56 Å². The first-order valence-electron chi connectivity index (χ1n) is 9.34. The number of aryl methyl sites for hydroxylation is 1. The van der Waals surface area contributed by atoms with Crippen molar-refractivity contribution in [3.8, 4) is 5.75 Å². The third kappa shape index (κ3) is 6.70. The van der Waals surface area contributed by atoms with Crippen LogP contribution in [0.4, 0.5) is 5.95 Å². The highest BCUT2D eigenvalue weighted by Crippen LogP contribution is 2.16. The predicted octanol–water partition coefficient (Wildman–Crippen LogP) is 4.13. The second-order valence-corrected chi connectivity index (χ2v) is 6.15. The number of hydrogen-bond donors (Lipinski definition) is 2. The maximum Gasteiger partial charge on any atom is 0.252 e. The van der Waals surface area contributed by atoms with Crippen molar-refractivity contribution in [2.45, 2.75) is 52.4 Å². The number of nitrogens with one attached hydrogen (secondary N) is 2. The molecule has 0 radical (unpaired) electrons. The molecule has 0 atom stereocenters. The van der Waals surface area contributed by atoms with E-state index in [1.807, 2.05) is 31.2 Å². The largest absolute Gasteiger partial charge is 0.493 e. The number of anilines is 1. The van der Waals surface area contributed by atoms with Gasteiger partial charge in [-0.3, -0.25) is 9.78 Å². The van der Waals surface area contributed by atoms with Crippen molar-refractivity contribution in [2.24, 2.45) is 5.10 Å². The van der Waals surface area contributed by atoms with Gasteiger partial charge in [0.05, 0.1) is 12.8 Å². The molecule has 0 saturated carbocycles. The number of hydrogen-bond acceptors (Lipinski definition) is 5. The number of aromatic nitrogens is 2. The summed E-state index contributed by atoms with van der Waals surface area (Å²) in [6.07, 6.45) is 8.05. The average Bonchev–Trinajstić information content (AvgIpc) is 2.62. The van der Waals surface area contributed by atoms with Crippen LogP contribution in [0.2, 0.25) is 0 Å².